The summed E-state index contributed by atoms with van der Waals surface area (Å²) in [6.45, 7) is 3.08. The monoisotopic (exact) mass is 329 g/mol. The van der Waals surface area contributed by atoms with Crippen LogP contribution in [0.25, 0.3) is 0 Å². The summed E-state index contributed by atoms with van der Waals surface area (Å²) in [6.07, 6.45) is 2.44. The Bertz CT molecular complexity index is 631. The minimum atomic E-state index is -2.91. The number of sulfone groups is 1. The molecule has 2 aliphatic rings. The number of nitrogens with zero attached hydrogens (tertiary/aromatic N) is 2. The van der Waals surface area contributed by atoms with Gasteiger partial charge in [-0.1, -0.05) is 11.6 Å². The molecule has 1 saturated carbocycles. The fraction of sp³-hybridized carbons (Fsp3) is 0.643. The minimum Gasteiger partial charge on any atom is -0.352 e. The van der Waals surface area contributed by atoms with Crippen molar-refractivity contribution < 1.29 is 8.42 Å². The van der Waals surface area contributed by atoms with E-state index in [1.807, 2.05) is 19.1 Å². The van der Waals surface area contributed by atoms with Gasteiger partial charge in [0.2, 0.25) is 0 Å². The number of pyridine rings is 1. The normalized spacial score (nSPS) is 25.0. The number of aromatic nitrogens is 1. The molecular formula is C14H20ClN3O2S. The topological polar surface area (TPSA) is 62.3 Å². The van der Waals surface area contributed by atoms with Gasteiger partial charge in [0.25, 0.3) is 0 Å². The SMILES string of the molecule is CC1CS(=O)(=O)CCN1c1ccc(Cl)c(CNC2CC2)n1. The van der Waals surface area contributed by atoms with Crippen LogP contribution < -0.4 is 10.2 Å². The molecule has 1 aromatic rings. The van der Waals surface area contributed by atoms with E-state index in [1.54, 1.807) is 0 Å². The third kappa shape index (κ3) is 3.67. The molecule has 0 bridgehead atoms. The second-order valence-electron chi connectivity index (χ2n) is 5.91. The van der Waals surface area contributed by atoms with Gasteiger partial charge in [-0.3, -0.25) is 0 Å². The smallest absolute Gasteiger partial charge is 0.154 e. The fourth-order valence-corrected chi connectivity index (χ4v) is 4.35. The summed E-state index contributed by atoms with van der Waals surface area (Å²) in [5.74, 6) is 1.19. The van der Waals surface area contributed by atoms with Gasteiger partial charge in [0.05, 0.1) is 22.2 Å². The average molecular weight is 330 g/mol. The second-order valence-corrected chi connectivity index (χ2v) is 8.55. The van der Waals surface area contributed by atoms with Gasteiger partial charge in [0, 0.05) is 25.2 Å². The lowest BCUT2D eigenvalue weighted by Crippen LogP contribution is -2.47. The molecule has 1 aliphatic carbocycles. The van der Waals surface area contributed by atoms with E-state index in [2.05, 4.69) is 15.2 Å². The predicted molar refractivity (Wildman–Crippen MR) is 84.6 cm³/mol. The standard InChI is InChI=1S/C14H20ClN3O2S/c1-10-9-21(19,20)7-6-18(10)14-5-4-12(15)13(17-14)8-16-11-2-3-11/h4-5,10-11,16H,2-3,6-9H2,1H3. The van der Waals surface area contributed by atoms with E-state index < -0.39 is 9.84 Å². The van der Waals surface area contributed by atoms with Crippen LogP contribution in [-0.4, -0.2) is 43.5 Å². The Kier molecular flexibility index (Phi) is 4.12. The van der Waals surface area contributed by atoms with E-state index in [9.17, 15) is 8.42 Å². The van der Waals surface area contributed by atoms with Gasteiger partial charge < -0.3 is 10.2 Å². The Hall–Kier alpha value is -0.850. The van der Waals surface area contributed by atoms with Crippen LogP contribution in [-0.2, 0) is 16.4 Å². The van der Waals surface area contributed by atoms with E-state index in [-0.39, 0.29) is 17.5 Å². The highest BCUT2D eigenvalue weighted by Gasteiger charge is 2.29. The Morgan fingerprint density at radius 2 is 2.19 bits per heavy atom. The van der Waals surface area contributed by atoms with Gasteiger partial charge >= 0.3 is 0 Å². The van der Waals surface area contributed by atoms with Crippen LogP contribution in [0.3, 0.4) is 0 Å². The Balaban J connectivity index is 1.76. The molecule has 1 N–H and O–H groups in total. The lowest BCUT2D eigenvalue weighted by Gasteiger charge is -2.34. The van der Waals surface area contributed by atoms with E-state index in [0.29, 0.717) is 24.2 Å². The van der Waals surface area contributed by atoms with Crippen LogP contribution in [0.5, 0.6) is 0 Å². The molecule has 1 aromatic heterocycles. The Morgan fingerprint density at radius 1 is 1.43 bits per heavy atom. The zero-order chi connectivity index (χ0) is 15.0. The third-order valence-corrected chi connectivity index (χ3v) is 6.14. The lowest BCUT2D eigenvalue weighted by atomic mass is 10.2. The number of hydrogen-bond acceptors (Lipinski definition) is 5. The molecule has 1 atom stereocenters. The zero-order valence-corrected chi connectivity index (χ0v) is 13.6. The lowest BCUT2D eigenvalue weighted by molar-refractivity contribution is 0.566. The maximum Gasteiger partial charge on any atom is 0.154 e. The first kappa shape index (κ1) is 15.1. The highest BCUT2D eigenvalue weighted by Crippen LogP contribution is 2.25. The molecule has 0 amide bonds. The van der Waals surface area contributed by atoms with Crippen molar-refractivity contribution in [2.45, 2.75) is 38.4 Å². The molecule has 1 unspecified atom stereocenters. The fourth-order valence-electron chi connectivity index (χ4n) is 2.62. The Labute approximate surface area is 130 Å². The van der Waals surface area contributed by atoms with Crippen molar-refractivity contribution in [1.82, 2.24) is 10.3 Å². The number of anilines is 1. The maximum absolute atomic E-state index is 11.7. The average Bonchev–Trinajstić information content (AvgIpc) is 3.21. The molecule has 0 spiro atoms. The molecule has 2 fully saturated rings. The third-order valence-electron chi connectivity index (χ3n) is 4.00. The van der Waals surface area contributed by atoms with Crippen molar-refractivity contribution in [3.05, 3.63) is 22.8 Å². The summed E-state index contributed by atoms with van der Waals surface area (Å²) in [4.78, 5) is 6.68. The van der Waals surface area contributed by atoms with Crippen molar-refractivity contribution in [1.29, 1.82) is 0 Å². The zero-order valence-electron chi connectivity index (χ0n) is 12.0. The molecule has 116 valence electrons. The van der Waals surface area contributed by atoms with E-state index >= 15 is 0 Å². The predicted octanol–water partition coefficient (Wildman–Crippen LogP) is 1.61. The molecule has 3 rings (SSSR count). The van der Waals surface area contributed by atoms with Gasteiger partial charge in [-0.25, -0.2) is 13.4 Å². The summed E-state index contributed by atoms with van der Waals surface area (Å²) < 4.78 is 23.3. The first-order valence-corrected chi connectivity index (χ1v) is 9.50. The van der Waals surface area contributed by atoms with Gasteiger partial charge in [-0.2, -0.15) is 0 Å². The highest BCUT2D eigenvalue weighted by atomic mass is 35.5. The molecule has 0 radical (unpaired) electrons. The van der Waals surface area contributed by atoms with Gasteiger partial charge in [0.15, 0.2) is 9.84 Å². The number of halogens is 1. The van der Waals surface area contributed by atoms with Crippen LogP contribution in [0.1, 0.15) is 25.5 Å². The van der Waals surface area contributed by atoms with Crippen LogP contribution in [0.2, 0.25) is 5.02 Å². The van der Waals surface area contributed by atoms with E-state index in [1.165, 1.54) is 12.8 Å². The number of hydrogen-bond donors (Lipinski definition) is 1. The van der Waals surface area contributed by atoms with E-state index in [4.69, 9.17) is 11.6 Å². The second kappa shape index (κ2) is 5.74. The minimum absolute atomic E-state index is 0.0540. The van der Waals surface area contributed by atoms with Gasteiger partial charge in [-0.15, -0.1) is 0 Å². The summed E-state index contributed by atoms with van der Waals surface area (Å²) in [5.41, 5.74) is 0.835. The van der Waals surface area contributed by atoms with E-state index in [0.717, 1.165) is 11.5 Å². The van der Waals surface area contributed by atoms with Crippen molar-refractivity contribution in [3.8, 4) is 0 Å². The van der Waals surface area contributed by atoms with Crippen molar-refractivity contribution in [2.24, 2.45) is 0 Å². The molecular weight excluding hydrogens is 310 g/mol. The molecule has 5 nitrogen and oxygen atoms in total. The van der Waals surface area contributed by atoms with Crippen LogP contribution in [0, 0.1) is 0 Å². The summed E-state index contributed by atoms with van der Waals surface area (Å²) in [6, 6.07) is 4.27. The summed E-state index contributed by atoms with van der Waals surface area (Å²) in [7, 11) is -2.91. The van der Waals surface area contributed by atoms with Crippen molar-refractivity contribution in [2.75, 3.05) is 23.0 Å². The molecule has 7 heteroatoms. The molecule has 0 aromatic carbocycles. The van der Waals surface area contributed by atoms with Gasteiger partial charge in [-0.05, 0) is 31.9 Å². The summed E-state index contributed by atoms with van der Waals surface area (Å²) in [5, 5.41) is 4.06. The largest absolute Gasteiger partial charge is 0.352 e. The van der Waals surface area contributed by atoms with Crippen LogP contribution >= 0.6 is 11.6 Å². The van der Waals surface area contributed by atoms with Crippen LogP contribution in [0.15, 0.2) is 12.1 Å². The van der Waals surface area contributed by atoms with Gasteiger partial charge in [0.1, 0.15) is 5.82 Å². The van der Waals surface area contributed by atoms with Crippen molar-refractivity contribution >= 4 is 27.3 Å². The molecule has 21 heavy (non-hydrogen) atoms. The summed E-state index contributed by atoms with van der Waals surface area (Å²) >= 11 is 6.20. The molecule has 1 saturated heterocycles. The quantitative estimate of drug-likeness (QED) is 0.909. The maximum atomic E-state index is 11.7. The highest BCUT2D eigenvalue weighted by molar-refractivity contribution is 7.91. The number of rotatable bonds is 4. The van der Waals surface area contributed by atoms with Crippen LogP contribution in [0.4, 0.5) is 5.82 Å². The number of nitrogens with one attached hydrogen (secondary N) is 1. The first-order chi connectivity index (χ1) is 9.94. The molecule has 1 aliphatic heterocycles. The molecule has 2 heterocycles. The van der Waals surface area contributed by atoms with Crippen molar-refractivity contribution in [3.63, 3.8) is 0 Å². The first-order valence-electron chi connectivity index (χ1n) is 7.30. The Morgan fingerprint density at radius 3 is 2.86 bits per heavy atom.